The number of thioether (sulfide) groups is 1. The van der Waals surface area contributed by atoms with Crippen LogP contribution < -0.4 is 5.56 Å². The number of nitrogens with one attached hydrogen (secondary N) is 1. The van der Waals surface area contributed by atoms with Crippen molar-refractivity contribution in [2.24, 2.45) is 0 Å². The molecular weight excluding hydrogens is 316 g/mol. The highest BCUT2D eigenvalue weighted by molar-refractivity contribution is 7.98. The Balaban J connectivity index is 1.74. The third kappa shape index (κ3) is 3.43. The molecule has 0 saturated carbocycles. The van der Waals surface area contributed by atoms with Crippen molar-refractivity contribution < 1.29 is 4.92 Å². The number of nitro groups is 1. The van der Waals surface area contributed by atoms with E-state index in [1.54, 1.807) is 12.1 Å². The van der Waals surface area contributed by atoms with Gasteiger partial charge in [-0.3, -0.25) is 19.8 Å². The molecular formula is C15H16N4O3S. The summed E-state index contributed by atoms with van der Waals surface area (Å²) in [7, 11) is 0. The largest absolute Gasteiger partial charge is 0.301 e. The van der Waals surface area contributed by atoms with E-state index >= 15 is 0 Å². The second-order valence-electron chi connectivity index (χ2n) is 5.38. The number of non-ortho nitro benzene ring substituents is 1. The molecule has 1 aliphatic heterocycles. The molecule has 0 spiro atoms. The maximum absolute atomic E-state index is 12.2. The normalized spacial score (nSPS) is 14.5. The van der Waals surface area contributed by atoms with Gasteiger partial charge in [0.15, 0.2) is 5.16 Å². The van der Waals surface area contributed by atoms with Gasteiger partial charge < -0.3 is 4.98 Å². The monoisotopic (exact) mass is 332 g/mol. The van der Waals surface area contributed by atoms with Gasteiger partial charge in [0.2, 0.25) is 0 Å². The van der Waals surface area contributed by atoms with Crippen molar-refractivity contribution in [1.82, 2.24) is 14.9 Å². The molecule has 120 valence electrons. The SMILES string of the molecule is CSc1nc2c(c(=O)[nH]1)CN(Cc1ccc([N+](=O)[O-])cc1)CC2. The smallest absolute Gasteiger partial charge is 0.269 e. The Kier molecular flexibility index (Phi) is 4.44. The first-order valence-electron chi connectivity index (χ1n) is 7.18. The van der Waals surface area contributed by atoms with Crippen LogP contribution in [0.3, 0.4) is 0 Å². The Bertz CT molecular complexity index is 788. The summed E-state index contributed by atoms with van der Waals surface area (Å²) in [5.41, 5.74) is 2.59. The van der Waals surface area contributed by atoms with E-state index in [-0.39, 0.29) is 11.2 Å². The van der Waals surface area contributed by atoms with Gasteiger partial charge in [-0.15, -0.1) is 0 Å². The van der Waals surface area contributed by atoms with Gasteiger partial charge in [0.05, 0.1) is 16.2 Å². The molecule has 7 nitrogen and oxygen atoms in total. The van der Waals surface area contributed by atoms with Crippen LogP contribution in [0.2, 0.25) is 0 Å². The molecule has 23 heavy (non-hydrogen) atoms. The Morgan fingerprint density at radius 3 is 2.78 bits per heavy atom. The van der Waals surface area contributed by atoms with Crippen molar-refractivity contribution in [3.05, 3.63) is 61.6 Å². The van der Waals surface area contributed by atoms with Crippen LogP contribution in [0.15, 0.2) is 34.2 Å². The Labute approximate surface area is 136 Å². The van der Waals surface area contributed by atoms with Gasteiger partial charge in [-0.2, -0.15) is 0 Å². The van der Waals surface area contributed by atoms with E-state index in [1.165, 1.54) is 23.9 Å². The lowest BCUT2D eigenvalue weighted by Crippen LogP contribution is -2.35. The lowest BCUT2D eigenvalue weighted by atomic mass is 10.1. The van der Waals surface area contributed by atoms with E-state index in [2.05, 4.69) is 14.9 Å². The van der Waals surface area contributed by atoms with E-state index in [1.807, 2.05) is 6.26 Å². The average Bonchev–Trinajstić information content (AvgIpc) is 2.55. The van der Waals surface area contributed by atoms with Crippen molar-refractivity contribution in [1.29, 1.82) is 0 Å². The van der Waals surface area contributed by atoms with Crippen molar-refractivity contribution in [2.75, 3.05) is 12.8 Å². The van der Waals surface area contributed by atoms with Gasteiger partial charge in [0.1, 0.15) is 0 Å². The van der Waals surface area contributed by atoms with Crippen molar-refractivity contribution in [3.8, 4) is 0 Å². The molecule has 2 aromatic rings. The highest BCUT2D eigenvalue weighted by Gasteiger charge is 2.21. The lowest BCUT2D eigenvalue weighted by Gasteiger charge is -2.27. The molecule has 0 fully saturated rings. The van der Waals surface area contributed by atoms with Crippen molar-refractivity contribution in [2.45, 2.75) is 24.7 Å². The molecule has 0 bridgehead atoms. The minimum absolute atomic E-state index is 0.0762. The molecule has 0 saturated heterocycles. The molecule has 1 aromatic carbocycles. The molecule has 0 unspecified atom stereocenters. The van der Waals surface area contributed by atoms with Crippen molar-refractivity contribution in [3.63, 3.8) is 0 Å². The maximum Gasteiger partial charge on any atom is 0.269 e. The zero-order valence-electron chi connectivity index (χ0n) is 12.6. The fourth-order valence-corrected chi connectivity index (χ4v) is 3.07. The molecule has 2 heterocycles. The summed E-state index contributed by atoms with van der Waals surface area (Å²) in [4.78, 5) is 31.8. The number of hydrogen-bond acceptors (Lipinski definition) is 6. The van der Waals surface area contributed by atoms with E-state index in [0.717, 1.165) is 29.8 Å². The summed E-state index contributed by atoms with van der Waals surface area (Å²) in [6.45, 7) is 2.01. The van der Waals surface area contributed by atoms with E-state index in [9.17, 15) is 14.9 Å². The fourth-order valence-electron chi connectivity index (χ4n) is 2.67. The molecule has 0 radical (unpaired) electrons. The minimum Gasteiger partial charge on any atom is -0.301 e. The third-order valence-electron chi connectivity index (χ3n) is 3.87. The van der Waals surface area contributed by atoms with Gasteiger partial charge in [0.25, 0.3) is 11.2 Å². The van der Waals surface area contributed by atoms with Crippen LogP contribution in [-0.2, 0) is 19.5 Å². The zero-order valence-corrected chi connectivity index (χ0v) is 13.4. The molecule has 0 atom stereocenters. The highest BCUT2D eigenvalue weighted by atomic mass is 32.2. The summed E-state index contributed by atoms with van der Waals surface area (Å²) in [5, 5.41) is 11.3. The van der Waals surface area contributed by atoms with E-state index in [0.29, 0.717) is 18.2 Å². The molecule has 1 aliphatic rings. The number of hydrogen-bond donors (Lipinski definition) is 1. The number of nitro benzene ring substituents is 1. The van der Waals surface area contributed by atoms with Crippen LogP contribution in [-0.4, -0.2) is 32.6 Å². The Morgan fingerprint density at radius 2 is 2.13 bits per heavy atom. The Hall–Kier alpha value is -2.19. The summed E-state index contributed by atoms with van der Waals surface area (Å²) < 4.78 is 0. The first kappa shape index (κ1) is 15.7. The second-order valence-corrected chi connectivity index (χ2v) is 6.18. The van der Waals surface area contributed by atoms with Crippen molar-refractivity contribution >= 4 is 17.4 Å². The van der Waals surface area contributed by atoms with Crippen LogP contribution in [0.5, 0.6) is 0 Å². The topological polar surface area (TPSA) is 92.1 Å². The summed E-state index contributed by atoms with van der Waals surface area (Å²) in [6, 6.07) is 6.53. The first-order valence-corrected chi connectivity index (χ1v) is 8.41. The number of rotatable bonds is 4. The predicted octanol–water partition coefficient (Wildman–Crippen LogP) is 1.96. The molecule has 8 heteroatoms. The minimum atomic E-state index is -0.407. The molecule has 1 aromatic heterocycles. The van der Waals surface area contributed by atoms with Gasteiger partial charge in [-0.1, -0.05) is 23.9 Å². The molecule has 0 amide bonds. The van der Waals surface area contributed by atoms with Crippen LogP contribution in [0.4, 0.5) is 5.69 Å². The first-order chi connectivity index (χ1) is 11.1. The second kappa shape index (κ2) is 6.51. The summed E-state index contributed by atoms with van der Waals surface area (Å²) >= 11 is 1.43. The zero-order chi connectivity index (χ0) is 16.4. The standard InChI is InChI=1S/C15H16N4O3S/c1-23-15-16-13-6-7-18(9-12(13)14(20)17-15)8-10-2-4-11(5-3-10)19(21)22/h2-5H,6-9H2,1H3,(H,16,17,20). The maximum atomic E-state index is 12.2. The van der Waals surface area contributed by atoms with Gasteiger partial charge >= 0.3 is 0 Å². The highest BCUT2D eigenvalue weighted by Crippen LogP contribution is 2.19. The van der Waals surface area contributed by atoms with Gasteiger partial charge in [0, 0.05) is 38.2 Å². The number of H-pyrrole nitrogens is 1. The summed E-state index contributed by atoms with van der Waals surface area (Å²) in [5.74, 6) is 0. The quantitative estimate of drug-likeness (QED) is 0.398. The average molecular weight is 332 g/mol. The number of aromatic amines is 1. The predicted molar refractivity (Wildman–Crippen MR) is 87.6 cm³/mol. The van der Waals surface area contributed by atoms with Gasteiger partial charge in [-0.25, -0.2) is 4.98 Å². The number of nitrogens with zero attached hydrogens (tertiary/aromatic N) is 3. The third-order valence-corrected chi connectivity index (χ3v) is 4.45. The molecule has 1 N–H and O–H groups in total. The lowest BCUT2D eigenvalue weighted by molar-refractivity contribution is -0.384. The van der Waals surface area contributed by atoms with Gasteiger partial charge in [-0.05, 0) is 11.8 Å². The number of fused-ring (bicyclic) bond motifs is 1. The van der Waals surface area contributed by atoms with E-state index < -0.39 is 4.92 Å². The molecule has 3 rings (SSSR count). The fraction of sp³-hybridized carbons (Fsp3) is 0.333. The van der Waals surface area contributed by atoms with E-state index in [4.69, 9.17) is 0 Å². The molecule has 0 aliphatic carbocycles. The number of benzene rings is 1. The number of aromatic nitrogens is 2. The Morgan fingerprint density at radius 1 is 1.39 bits per heavy atom. The summed E-state index contributed by atoms with van der Waals surface area (Å²) in [6.07, 6.45) is 2.62. The van der Waals surface area contributed by atoms with Crippen LogP contribution in [0, 0.1) is 10.1 Å². The van der Waals surface area contributed by atoms with Crippen LogP contribution in [0.25, 0.3) is 0 Å². The van der Waals surface area contributed by atoms with Crippen LogP contribution >= 0.6 is 11.8 Å². The van der Waals surface area contributed by atoms with Crippen LogP contribution in [0.1, 0.15) is 16.8 Å².